The first kappa shape index (κ1) is 10.5. The average molecular weight is 183 g/mol. The molecular weight excluding hydrogens is 169 g/mol. The van der Waals surface area contributed by atoms with Crippen LogP contribution in [0.1, 0.15) is 20.3 Å². The van der Waals surface area contributed by atoms with E-state index in [0.717, 1.165) is 6.42 Å². The summed E-state index contributed by atoms with van der Waals surface area (Å²) in [7, 11) is 1.41. The summed E-state index contributed by atoms with van der Waals surface area (Å²) >= 11 is 4.72. The van der Waals surface area contributed by atoms with Crippen molar-refractivity contribution >= 4 is 18.4 Å². The van der Waals surface area contributed by atoms with Gasteiger partial charge in [-0.05, 0) is 25.2 Å². The van der Waals surface area contributed by atoms with Crippen LogP contribution in [-0.4, -0.2) is 18.0 Å². The number of hydrogen-bond donors (Lipinski definition) is 2. The van der Waals surface area contributed by atoms with Crippen LogP contribution in [0.2, 0.25) is 0 Å². The molecule has 62 valence electrons. The highest BCUT2D eigenvalue weighted by molar-refractivity contribution is 8.08. The average Bonchev–Trinajstić information content (AvgIpc) is 1.87. The highest BCUT2D eigenvalue weighted by atomic mass is 32.5. The molecule has 0 bridgehead atoms. The molecule has 2 atom stereocenters. The number of rotatable bonds is 4. The molecule has 0 fully saturated rings. The Morgan fingerprint density at radius 2 is 2.30 bits per heavy atom. The molecule has 0 aromatic heterocycles. The third kappa shape index (κ3) is 4.36. The first-order valence-corrected chi connectivity index (χ1v) is 5.85. The molecule has 0 saturated carbocycles. The van der Waals surface area contributed by atoms with Gasteiger partial charge in [0.05, 0.1) is 0 Å². The topological polar surface area (TPSA) is 41.5 Å². The van der Waals surface area contributed by atoms with E-state index in [1.807, 2.05) is 13.8 Å². The van der Waals surface area contributed by atoms with E-state index >= 15 is 0 Å². The lowest BCUT2D eigenvalue weighted by molar-refractivity contribution is 0.367. The van der Waals surface area contributed by atoms with Crippen LogP contribution in [0.3, 0.4) is 0 Å². The summed E-state index contributed by atoms with van der Waals surface area (Å²) in [5, 5.41) is 2.81. The van der Waals surface area contributed by atoms with Gasteiger partial charge in [0.25, 0.3) is 6.64 Å². The van der Waals surface area contributed by atoms with E-state index in [-0.39, 0.29) is 6.04 Å². The van der Waals surface area contributed by atoms with Gasteiger partial charge in [-0.2, -0.15) is 0 Å². The monoisotopic (exact) mass is 183 g/mol. The summed E-state index contributed by atoms with van der Waals surface area (Å²) in [6.07, 6.45) is 0.933. The fourth-order valence-electron chi connectivity index (χ4n) is 0.422. The molecule has 5 heteroatoms. The molecule has 0 heterocycles. The fraction of sp³-hybridized carbons (Fsp3) is 1.00. The summed E-state index contributed by atoms with van der Waals surface area (Å²) < 4.78 is 4.68. The Labute approximate surface area is 67.0 Å². The molecule has 0 aliphatic rings. The molecule has 2 N–H and O–H groups in total. The van der Waals surface area contributed by atoms with Crippen molar-refractivity contribution in [3.8, 4) is 0 Å². The third-order valence-corrected chi connectivity index (χ3v) is 3.27. The van der Waals surface area contributed by atoms with Crippen molar-refractivity contribution in [3.05, 3.63) is 0 Å². The van der Waals surface area contributed by atoms with Crippen LogP contribution in [0.4, 0.5) is 0 Å². The Morgan fingerprint density at radius 1 is 1.80 bits per heavy atom. The van der Waals surface area contributed by atoms with Gasteiger partial charge in [-0.3, -0.25) is 0 Å². The lowest BCUT2D eigenvalue weighted by atomic mass is 10.3. The maximum absolute atomic E-state index is 9.22. The van der Waals surface area contributed by atoms with Gasteiger partial charge in [-0.1, -0.05) is 6.92 Å². The SMILES string of the molecule is CCC(C)NP(O)(=S)OC. The first-order valence-electron chi connectivity index (χ1n) is 3.18. The van der Waals surface area contributed by atoms with E-state index in [1.165, 1.54) is 7.11 Å². The predicted octanol–water partition coefficient (Wildman–Crippen LogP) is 1.24. The largest absolute Gasteiger partial charge is 0.334 e. The molecule has 0 amide bonds. The van der Waals surface area contributed by atoms with E-state index in [2.05, 4.69) is 9.61 Å². The Kier molecular flexibility index (Phi) is 4.65. The minimum absolute atomic E-state index is 0.218. The zero-order valence-corrected chi connectivity index (χ0v) is 8.21. The van der Waals surface area contributed by atoms with Gasteiger partial charge in [0, 0.05) is 13.2 Å². The van der Waals surface area contributed by atoms with Gasteiger partial charge in [-0.25, -0.2) is 5.09 Å². The smallest absolute Gasteiger partial charge is 0.258 e. The quantitative estimate of drug-likeness (QED) is 0.643. The maximum Gasteiger partial charge on any atom is 0.258 e. The van der Waals surface area contributed by atoms with Crippen molar-refractivity contribution in [3.63, 3.8) is 0 Å². The third-order valence-electron chi connectivity index (χ3n) is 1.24. The standard InChI is InChI=1S/C5H14NO2PS/c1-4-5(2)6-9(7,10)8-3/h5H,4H2,1-3H3,(H2,6,7,10). The molecule has 10 heavy (non-hydrogen) atoms. The van der Waals surface area contributed by atoms with E-state index in [1.54, 1.807) is 0 Å². The Morgan fingerprint density at radius 3 is 2.60 bits per heavy atom. The molecule has 0 spiro atoms. The van der Waals surface area contributed by atoms with Crippen LogP contribution in [0.15, 0.2) is 0 Å². The highest BCUT2D eigenvalue weighted by Gasteiger charge is 2.12. The van der Waals surface area contributed by atoms with E-state index < -0.39 is 6.64 Å². The van der Waals surface area contributed by atoms with Crippen molar-refractivity contribution in [1.29, 1.82) is 0 Å². The maximum atomic E-state index is 9.22. The molecule has 0 aliphatic heterocycles. The molecule has 0 saturated heterocycles. The van der Waals surface area contributed by atoms with Gasteiger partial charge < -0.3 is 9.42 Å². The molecule has 0 aliphatic carbocycles. The molecule has 0 aromatic rings. The molecule has 0 rings (SSSR count). The van der Waals surface area contributed by atoms with Gasteiger partial charge in [0.2, 0.25) is 0 Å². The summed E-state index contributed by atoms with van der Waals surface area (Å²) in [6.45, 7) is 1.31. The molecule has 3 nitrogen and oxygen atoms in total. The molecule has 0 aromatic carbocycles. The summed E-state index contributed by atoms with van der Waals surface area (Å²) in [5.74, 6) is 0. The second-order valence-corrected chi connectivity index (χ2v) is 5.29. The normalized spacial score (nSPS) is 20.0. The van der Waals surface area contributed by atoms with Crippen molar-refractivity contribution < 1.29 is 9.42 Å². The molecule has 2 unspecified atom stereocenters. The summed E-state index contributed by atoms with van der Waals surface area (Å²) in [5.41, 5.74) is 0. The summed E-state index contributed by atoms with van der Waals surface area (Å²) in [4.78, 5) is 9.22. The van der Waals surface area contributed by atoms with Crippen LogP contribution < -0.4 is 5.09 Å². The van der Waals surface area contributed by atoms with Crippen LogP contribution in [0.5, 0.6) is 0 Å². The van der Waals surface area contributed by atoms with Crippen molar-refractivity contribution in [2.45, 2.75) is 26.3 Å². The van der Waals surface area contributed by atoms with Gasteiger partial charge in [-0.15, -0.1) is 0 Å². The fourth-order valence-corrected chi connectivity index (χ4v) is 1.81. The lowest BCUT2D eigenvalue weighted by Gasteiger charge is -2.18. The van der Waals surface area contributed by atoms with Crippen molar-refractivity contribution in [2.24, 2.45) is 0 Å². The van der Waals surface area contributed by atoms with Gasteiger partial charge in [0.15, 0.2) is 0 Å². The van der Waals surface area contributed by atoms with Crippen LogP contribution in [0.25, 0.3) is 0 Å². The van der Waals surface area contributed by atoms with Gasteiger partial charge in [0.1, 0.15) is 0 Å². The van der Waals surface area contributed by atoms with E-state index in [0.29, 0.717) is 0 Å². The second-order valence-electron chi connectivity index (χ2n) is 2.14. The lowest BCUT2D eigenvalue weighted by Crippen LogP contribution is -2.22. The Hall–Kier alpha value is 0.530. The number of nitrogens with one attached hydrogen (secondary N) is 1. The predicted molar refractivity (Wildman–Crippen MR) is 46.4 cm³/mol. The minimum atomic E-state index is -2.66. The van der Waals surface area contributed by atoms with E-state index in [4.69, 9.17) is 11.8 Å². The first-order chi connectivity index (χ1) is 4.52. The van der Waals surface area contributed by atoms with Crippen molar-refractivity contribution in [2.75, 3.05) is 7.11 Å². The molecule has 0 radical (unpaired) electrons. The highest BCUT2D eigenvalue weighted by Crippen LogP contribution is 2.36. The Bertz CT molecular complexity index is 142. The van der Waals surface area contributed by atoms with Gasteiger partial charge >= 0.3 is 0 Å². The zero-order valence-electron chi connectivity index (χ0n) is 6.50. The zero-order chi connectivity index (χ0) is 8.20. The molecular formula is C5H14NO2PS. The summed E-state index contributed by atoms with van der Waals surface area (Å²) in [6, 6.07) is 0.218. The van der Waals surface area contributed by atoms with Crippen molar-refractivity contribution in [1.82, 2.24) is 5.09 Å². The van der Waals surface area contributed by atoms with E-state index in [9.17, 15) is 4.89 Å². The van der Waals surface area contributed by atoms with Crippen LogP contribution in [0, 0.1) is 0 Å². The number of hydrogen-bond acceptors (Lipinski definition) is 2. The minimum Gasteiger partial charge on any atom is -0.334 e. The second kappa shape index (κ2) is 4.42. The Balaban J connectivity index is 3.77. The van der Waals surface area contributed by atoms with Crippen LogP contribution in [-0.2, 0) is 16.3 Å². The van der Waals surface area contributed by atoms with Crippen LogP contribution >= 0.6 is 6.64 Å².